The first-order chi connectivity index (χ1) is 10.1. The van der Waals surface area contributed by atoms with Crippen LogP contribution in [0.1, 0.15) is 19.4 Å². The van der Waals surface area contributed by atoms with Crippen molar-refractivity contribution in [1.82, 2.24) is 0 Å². The average Bonchev–Trinajstić information content (AvgIpc) is 2.48. The van der Waals surface area contributed by atoms with E-state index in [2.05, 4.69) is 0 Å². The standard InChI is InChI=1S/C16H20O5/c1-3-20-15(18)14(16(19)21-4-2)13(11-17)10-12-8-6-5-7-9-12/h5-9,11,13-14H,3-4,10H2,1-2H3/t13-/m0/s1. The van der Waals surface area contributed by atoms with Crippen LogP contribution in [0.4, 0.5) is 0 Å². The zero-order chi connectivity index (χ0) is 15.7. The normalized spacial score (nSPS) is 11.8. The molecule has 0 aliphatic heterocycles. The van der Waals surface area contributed by atoms with Gasteiger partial charge in [0, 0.05) is 5.92 Å². The van der Waals surface area contributed by atoms with Crippen molar-refractivity contribution in [3.8, 4) is 0 Å². The average molecular weight is 292 g/mol. The van der Waals surface area contributed by atoms with Crippen LogP contribution < -0.4 is 0 Å². The first-order valence-corrected chi connectivity index (χ1v) is 6.96. The van der Waals surface area contributed by atoms with E-state index >= 15 is 0 Å². The van der Waals surface area contributed by atoms with Gasteiger partial charge in [-0.1, -0.05) is 30.3 Å². The molecule has 1 atom stereocenters. The second kappa shape index (κ2) is 8.89. The topological polar surface area (TPSA) is 69.7 Å². The second-order valence-corrected chi connectivity index (χ2v) is 4.47. The Balaban J connectivity index is 2.94. The van der Waals surface area contributed by atoms with E-state index in [4.69, 9.17) is 9.47 Å². The summed E-state index contributed by atoms with van der Waals surface area (Å²) in [7, 11) is 0. The molecule has 5 nitrogen and oxygen atoms in total. The lowest BCUT2D eigenvalue weighted by Gasteiger charge is -2.19. The maximum Gasteiger partial charge on any atom is 0.321 e. The lowest BCUT2D eigenvalue weighted by molar-refractivity contribution is -0.165. The molecule has 1 aromatic carbocycles. The van der Waals surface area contributed by atoms with Gasteiger partial charge in [0.25, 0.3) is 0 Å². The second-order valence-electron chi connectivity index (χ2n) is 4.47. The first kappa shape index (κ1) is 16.9. The Kier molecular flexibility index (Phi) is 7.15. The molecule has 5 heteroatoms. The van der Waals surface area contributed by atoms with E-state index in [9.17, 15) is 14.4 Å². The Morgan fingerprint density at radius 1 is 1.05 bits per heavy atom. The molecule has 0 bridgehead atoms. The van der Waals surface area contributed by atoms with Crippen LogP contribution in [0.2, 0.25) is 0 Å². The van der Waals surface area contributed by atoms with Gasteiger partial charge in [-0.15, -0.1) is 0 Å². The molecule has 0 amide bonds. The van der Waals surface area contributed by atoms with E-state index < -0.39 is 23.8 Å². The van der Waals surface area contributed by atoms with Crippen LogP contribution in [0.5, 0.6) is 0 Å². The molecule has 0 aliphatic carbocycles. The fraction of sp³-hybridized carbons (Fsp3) is 0.438. The molecule has 0 saturated carbocycles. The predicted molar refractivity (Wildman–Crippen MR) is 76.5 cm³/mol. The van der Waals surface area contributed by atoms with Crippen LogP contribution >= 0.6 is 0 Å². The minimum atomic E-state index is -1.22. The lowest BCUT2D eigenvalue weighted by Crippen LogP contribution is -2.36. The van der Waals surface area contributed by atoms with Gasteiger partial charge in [0.15, 0.2) is 5.92 Å². The Hall–Kier alpha value is -2.17. The summed E-state index contributed by atoms with van der Waals surface area (Å²) < 4.78 is 9.79. The molecular weight excluding hydrogens is 272 g/mol. The van der Waals surface area contributed by atoms with Gasteiger partial charge in [0.1, 0.15) is 6.29 Å². The Morgan fingerprint density at radius 3 is 2.00 bits per heavy atom. The molecule has 21 heavy (non-hydrogen) atoms. The van der Waals surface area contributed by atoms with E-state index in [1.54, 1.807) is 13.8 Å². The van der Waals surface area contributed by atoms with Crippen molar-refractivity contribution in [3.05, 3.63) is 35.9 Å². The summed E-state index contributed by atoms with van der Waals surface area (Å²) in [6, 6.07) is 9.20. The number of ether oxygens (including phenoxy) is 2. The zero-order valence-electron chi connectivity index (χ0n) is 12.3. The number of rotatable bonds is 8. The molecule has 0 unspecified atom stereocenters. The molecule has 0 N–H and O–H groups in total. The van der Waals surface area contributed by atoms with Gasteiger partial charge < -0.3 is 14.3 Å². The van der Waals surface area contributed by atoms with Crippen molar-refractivity contribution in [3.63, 3.8) is 0 Å². The van der Waals surface area contributed by atoms with Crippen molar-refractivity contribution in [2.45, 2.75) is 20.3 Å². The van der Waals surface area contributed by atoms with Crippen molar-refractivity contribution in [2.24, 2.45) is 11.8 Å². The number of aldehydes is 1. The molecule has 0 heterocycles. The number of hydrogen-bond acceptors (Lipinski definition) is 5. The fourth-order valence-electron chi connectivity index (χ4n) is 2.04. The smallest absolute Gasteiger partial charge is 0.321 e. The maximum absolute atomic E-state index is 12.0. The van der Waals surface area contributed by atoms with E-state index in [0.717, 1.165) is 5.56 Å². The van der Waals surface area contributed by atoms with E-state index in [1.165, 1.54) is 0 Å². The molecule has 1 aromatic rings. The van der Waals surface area contributed by atoms with Crippen LogP contribution in [0, 0.1) is 11.8 Å². The quantitative estimate of drug-likeness (QED) is 0.415. The minimum absolute atomic E-state index is 0.144. The van der Waals surface area contributed by atoms with Crippen LogP contribution in [-0.4, -0.2) is 31.4 Å². The summed E-state index contributed by atoms with van der Waals surface area (Å²) in [5.41, 5.74) is 0.869. The van der Waals surface area contributed by atoms with E-state index in [-0.39, 0.29) is 19.6 Å². The summed E-state index contributed by atoms with van der Waals surface area (Å²) in [6.45, 7) is 3.58. The summed E-state index contributed by atoms with van der Waals surface area (Å²) in [5.74, 6) is -3.46. The fourth-order valence-corrected chi connectivity index (χ4v) is 2.04. The van der Waals surface area contributed by atoms with Crippen LogP contribution in [-0.2, 0) is 30.3 Å². The highest BCUT2D eigenvalue weighted by molar-refractivity contribution is 5.97. The van der Waals surface area contributed by atoms with Crippen molar-refractivity contribution in [1.29, 1.82) is 0 Å². The van der Waals surface area contributed by atoms with Gasteiger partial charge in [-0.05, 0) is 25.8 Å². The first-order valence-electron chi connectivity index (χ1n) is 6.96. The highest BCUT2D eigenvalue weighted by Crippen LogP contribution is 2.19. The summed E-state index contributed by atoms with van der Waals surface area (Å²) in [5, 5.41) is 0. The van der Waals surface area contributed by atoms with Gasteiger partial charge in [0.2, 0.25) is 0 Å². The molecule has 0 aromatic heterocycles. The molecule has 114 valence electrons. The molecular formula is C16H20O5. The molecule has 0 spiro atoms. The Labute approximate surface area is 124 Å². The summed E-state index contributed by atoms with van der Waals surface area (Å²) >= 11 is 0. The van der Waals surface area contributed by atoms with Gasteiger partial charge >= 0.3 is 11.9 Å². The maximum atomic E-state index is 12.0. The van der Waals surface area contributed by atoms with Crippen molar-refractivity contribution < 1.29 is 23.9 Å². The number of carbonyl (C=O) groups excluding carboxylic acids is 3. The number of esters is 2. The number of hydrogen-bond donors (Lipinski definition) is 0. The predicted octanol–water partition coefficient (Wildman–Crippen LogP) is 1.79. The van der Waals surface area contributed by atoms with Gasteiger partial charge in [0.05, 0.1) is 13.2 Å². The monoisotopic (exact) mass is 292 g/mol. The van der Waals surface area contributed by atoms with Crippen molar-refractivity contribution >= 4 is 18.2 Å². The molecule has 0 aliphatic rings. The minimum Gasteiger partial charge on any atom is -0.465 e. The van der Waals surface area contributed by atoms with Gasteiger partial charge in [-0.25, -0.2) is 0 Å². The van der Waals surface area contributed by atoms with Crippen LogP contribution in [0.25, 0.3) is 0 Å². The molecule has 0 radical (unpaired) electrons. The third-order valence-corrected chi connectivity index (χ3v) is 3.00. The number of benzene rings is 1. The number of carbonyl (C=O) groups is 3. The third-order valence-electron chi connectivity index (χ3n) is 3.00. The largest absolute Gasteiger partial charge is 0.465 e. The molecule has 0 fully saturated rings. The molecule has 0 saturated heterocycles. The van der Waals surface area contributed by atoms with E-state index in [0.29, 0.717) is 6.29 Å². The molecule has 1 rings (SSSR count). The van der Waals surface area contributed by atoms with Crippen LogP contribution in [0.15, 0.2) is 30.3 Å². The van der Waals surface area contributed by atoms with Gasteiger partial charge in [-0.3, -0.25) is 9.59 Å². The van der Waals surface area contributed by atoms with Crippen LogP contribution in [0.3, 0.4) is 0 Å². The van der Waals surface area contributed by atoms with E-state index in [1.807, 2.05) is 30.3 Å². The Bertz CT molecular complexity index is 451. The SMILES string of the molecule is CCOC(=O)C(C(=O)OCC)[C@H](C=O)Cc1ccccc1. The van der Waals surface area contributed by atoms with Gasteiger partial charge in [-0.2, -0.15) is 0 Å². The zero-order valence-corrected chi connectivity index (χ0v) is 12.3. The van der Waals surface area contributed by atoms with Crippen molar-refractivity contribution in [2.75, 3.05) is 13.2 Å². The highest BCUT2D eigenvalue weighted by atomic mass is 16.6. The highest BCUT2D eigenvalue weighted by Gasteiger charge is 2.37. The third kappa shape index (κ3) is 5.02. The summed E-state index contributed by atoms with van der Waals surface area (Å²) in [6.07, 6.45) is 0.901. The Morgan fingerprint density at radius 2 is 1.57 bits per heavy atom. The summed E-state index contributed by atoms with van der Waals surface area (Å²) in [4.78, 5) is 35.3. The lowest BCUT2D eigenvalue weighted by atomic mass is 9.88.